The van der Waals surface area contributed by atoms with Gasteiger partial charge in [0, 0.05) is 43.3 Å². The second-order valence-electron chi connectivity index (χ2n) is 12.4. The molecule has 0 saturated carbocycles. The predicted molar refractivity (Wildman–Crippen MR) is 179 cm³/mol. The number of imide groups is 1. The van der Waals surface area contributed by atoms with Gasteiger partial charge in [-0.2, -0.15) is 26.3 Å². The van der Waals surface area contributed by atoms with Gasteiger partial charge in [0.1, 0.15) is 33.2 Å². The summed E-state index contributed by atoms with van der Waals surface area (Å²) >= 11 is 0. The lowest BCUT2D eigenvalue weighted by Crippen LogP contribution is -2.51. The van der Waals surface area contributed by atoms with Crippen LogP contribution in [0.15, 0.2) is 71.6 Å². The molecule has 3 aliphatic rings. The van der Waals surface area contributed by atoms with Crippen molar-refractivity contribution in [2.45, 2.75) is 31.7 Å². The van der Waals surface area contributed by atoms with Crippen LogP contribution in [-0.2, 0) is 14.4 Å². The van der Waals surface area contributed by atoms with E-state index in [-0.39, 0.29) is 41.3 Å². The summed E-state index contributed by atoms with van der Waals surface area (Å²) < 4.78 is 93.2. The van der Waals surface area contributed by atoms with E-state index in [4.69, 9.17) is 14.3 Å². The molecule has 1 fully saturated rings. The fourth-order valence-corrected chi connectivity index (χ4v) is 9.57. The van der Waals surface area contributed by atoms with E-state index in [1.807, 2.05) is 6.55 Å². The predicted octanol–water partition coefficient (Wildman–Crippen LogP) is 5.43. The van der Waals surface area contributed by atoms with Crippen LogP contribution < -0.4 is 19.6 Å². The minimum absolute atomic E-state index is 0.0904. The SMILES string of the molecule is C=C[Si]1(C)C2=C/C(=[N+](\C)CC(F)(F)F)C=CC2=C(c2c(OC)cc(C(=O)ON3C(=O)CCC3=O)cc2OC)c2ccc(N(C)CC(F)(F)F)cc21. The average Bonchev–Trinajstić information content (AvgIpc) is 3.38. The summed E-state index contributed by atoms with van der Waals surface area (Å²) in [6.45, 7) is 3.53. The molecule has 9 nitrogen and oxygen atoms in total. The number of amides is 2. The number of halogens is 6. The molecule has 0 N–H and O–H groups in total. The van der Waals surface area contributed by atoms with Crippen molar-refractivity contribution in [1.29, 1.82) is 0 Å². The standard InChI is InChI=1S/C35H34F6N3O6Si/c1-7-51(6)27-16-21(42(2)18-34(36,37)38)8-10-23(27)31(24-11-9-22(17-28(24)51)43(3)19-35(39,40)41)32-25(48-4)14-20(15-26(32)49-5)33(47)50-44-29(45)12-13-30(44)46/h7-11,14-17H,1,12-13,18-19H2,2-6H3/q+1. The molecule has 270 valence electrons. The molecule has 1 unspecified atom stereocenters. The number of nitrogens with zero attached hydrogens (tertiary/aromatic N) is 3. The highest BCUT2D eigenvalue weighted by molar-refractivity contribution is 7.02. The number of ether oxygens (including phenoxy) is 2. The van der Waals surface area contributed by atoms with Crippen molar-refractivity contribution in [2.24, 2.45) is 0 Å². The van der Waals surface area contributed by atoms with Gasteiger partial charge in [-0.05, 0) is 51.9 Å². The number of hydrogen-bond acceptors (Lipinski definition) is 7. The van der Waals surface area contributed by atoms with Gasteiger partial charge in [-0.3, -0.25) is 9.59 Å². The van der Waals surface area contributed by atoms with Crippen molar-refractivity contribution in [3.8, 4) is 11.5 Å². The molecule has 2 aromatic rings. The molecule has 1 atom stereocenters. The molecule has 16 heteroatoms. The van der Waals surface area contributed by atoms with Gasteiger partial charge in [0.05, 0.1) is 25.3 Å². The molecular weight excluding hydrogens is 700 g/mol. The van der Waals surface area contributed by atoms with Crippen molar-refractivity contribution in [1.82, 2.24) is 5.06 Å². The molecule has 0 spiro atoms. The summed E-state index contributed by atoms with van der Waals surface area (Å²) in [6.07, 6.45) is -4.37. The Morgan fingerprint density at radius 2 is 1.61 bits per heavy atom. The Hall–Kier alpha value is -5.12. The number of rotatable bonds is 9. The molecule has 2 heterocycles. The highest BCUT2D eigenvalue weighted by Crippen LogP contribution is 2.48. The van der Waals surface area contributed by atoms with Gasteiger partial charge in [-0.25, -0.2) is 9.37 Å². The number of anilines is 1. The molecule has 2 aliphatic heterocycles. The first-order valence-corrected chi connectivity index (χ1v) is 18.1. The highest BCUT2D eigenvalue weighted by Gasteiger charge is 2.44. The van der Waals surface area contributed by atoms with Crippen molar-refractivity contribution < 1.29 is 59.6 Å². The maximum atomic E-state index is 13.4. The lowest BCUT2D eigenvalue weighted by molar-refractivity contribution is -0.530. The van der Waals surface area contributed by atoms with E-state index < -0.39 is 51.3 Å². The number of hydroxylamine groups is 2. The number of fused-ring (bicyclic) bond motifs is 2. The van der Waals surface area contributed by atoms with Gasteiger partial charge in [0.25, 0.3) is 11.8 Å². The minimum atomic E-state index is -4.50. The first kappa shape index (κ1) is 37.1. The number of carbonyl (C=O) groups excluding carboxylic acids is 3. The maximum Gasteiger partial charge on any atom is 0.448 e. The molecule has 0 aromatic heterocycles. The van der Waals surface area contributed by atoms with E-state index in [1.54, 1.807) is 30.0 Å². The van der Waals surface area contributed by atoms with E-state index in [0.717, 1.165) is 9.48 Å². The topological polar surface area (TPSA) is 88.4 Å². The fourth-order valence-electron chi connectivity index (χ4n) is 6.40. The third-order valence-corrected chi connectivity index (χ3v) is 12.8. The Morgan fingerprint density at radius 1 is 1.00 bits per heavy atom. The van der Waals surface area contributed by atoms with E-state index in [9.17, 15) is 40.7 Å². The average molecular weight is 735 g/mol. The Bertz CT molecular complexity index is 1920. The van der Waals surface area contributed by atoms with Crippen LogP contribution in [0.3, 0.4) is 0 Å². The van der Waals surface area contributed by atoms with Gasteiger partial charge in [0.15, 0.2) is 5.71 Å². The number of alkyl halides is 6. The Labute approximate surface area is 290 Å². The van der Waals surface area contributed by atoms with Gasteiger partial charge in [0.2, 0.25) is 6.54 Å². The molecule has 1 saturated heterocycles. The van der Waals surface area contributed by atoms with Crippen molar-refractivity contribution in [3.63, 3.8) is 0 Å². The molecule has 0 radical (unpaired) electrons. The molecule has 5 rings (SSSR count). The van der Waals surface area contributed by atoms with Crippen LogP contribution in [-0.4, -0.2) is 95.0 Å². The summed E-state index contributed by atoms with van der Waals surface area (Å²) in [5, 5.41) is 1.65. The van der Waals surface area contributed by atoms with Crippen LogP contribution in [0.2, 0.25) is 6.55 Å². The third-order valence-electron chi connectivity index (χ3n) is 8.96. The van der Waals surface area contributed by atoms with Gasteiger partial charge in [-0.1, -0.05) is 18.3 Å². The zero-order valence-electron chi connectivity index (χ0n) is 28.3. The number of carbonyl (C=O) groups is 3. The second kappa shape index (κ2) is 13.5. The number of benzene rings is 2. The van der Waals surface area contributed by atoms with E-state index in [0.29, 0.717) is 37.7 Å². The van der Waals surface area contributed by atoms with Crippen LogP contribution in [0.5, 0.6) is 11.5 Å². The molecule has 0 bridgehead atoms. The lowest BCUT2D eigenvalue weighted by atomic mass is 9.88. The van der Waals surface area contributed by atoms with Crippen LogP contribution >= 0.6 is 0 Å². The quantitative estimate of drug-likeness (QED) is 0.147. The summed E-state index contributed by atoms with van der Waals surface area (Å²) in [5.74, 6) is -2.22. The maximum absolute atomic E-state index is 13.4. The molecule has 51 heavy (non-hydrogen) atoms. The smallest absolute Gasteiger partial charge is 0.448 e. The zero-order chi connectivity index (χ0) is 37.6. The first-order chi connectivity index (χ1) is 23.8. The first-order valence-electron chi connectivity index (χ1n) is 15.5. The number of hydrogen-bond donors (Lipinski definition) is 0. The second-order valence-corrected chi connectivity index (χ2v) is 16.3. The fraction of sp³-hybridized carbons (Fsp3) is 0.314. The zero-order valence-corrected chi connectivity index (χ0v) is 29.3. The van der Waals surface area contributed by atoms with Crippen molar-refractivity contribution in [2.75, 3.05) is 46.3 Å². The summed E-state index contributed by atoms with van der Waals surface area (Å²) in [5.41, 5.74) is 4.05. The third kappa shape index (κ3) is 7.22. The van der Waals surface area contributed by atoms with Crippen LogP contribution in [0.25, 0.3) is 5.57 Å². The summed E-state index contributed by atoms with van der Waals surface area (Å²) in [7, 11) is 2.16. The molecule has 2 aromatic carbocycles. The largest absolute Gasteiger partial charge is 0.496 e. The van der Waals surface area contributed by atoms with Gasteiger partial charge < -0.3 is 19.2 Å². The van der Waals surface area contributed by atoms with Gasteiger partial charge in [-0.15, -0.1) is 11.6 Å². The molecular formula is C35H34F6N3O6Si+. The Morgan fingerprint density at radius 3 is 2.14 bits per heavy atom. The molecule has 1 aliphatic carbocycles. The van der Waals surface area contributed by atoms with E-state index in [2.05, 4.69) is 6.58 Å². The minimum Gasteiger partial charge on any atom is -0.496 e. The van der Waals surface area contributed by atoms with Crippen LogP contribution in [0, 0.1) is 0 Å². The number of methoxy groups -OCH3 is 2. The van der Waals surface area contributed by atoms with Crippen molar-refractivity contribution in [3.05, 3.63) is 88.3 Å². The van der Waals surface area contributed by atoms with E-state index in [1.165, 1.54) is 52.6 Å². The Kier molecular flexibility index (Phi) is 9.86. The van der Waals surface area contributed by atoms with Crippen LogP contribution in [0.4, 0.5) is 32.0 Å². The van der Waals surface area contributed by atoms with Gasteiger partial charge >= 0.3 is 18.3 Å². The lowest BCUT2D eigenvalue weighted by Gasteiger charge is -2.39. The molecule has 2 amide bonds. The monoisotopic (exact) mass is 734 g/mol. The summed E-state index contributed by atoms with van der Waals surface area (Å²) in [4.78, 5) is 43.5. The Balaban J connectivity index is 1.78. The number of allylic oxidation sites excluding steroid dienone is 5. The highest BCUT2D eigenvalue weighted by atomic mass is 28.3. The van der Waals surface area contributed by atoms with Crippen LogP contribution in [0.1, 0.15) is 34.3 Å². The summed E-state index contributed by atoms with van der Waals surface area (Å²) in [6, 6.07) is 7.49. The van der Waals surface area contributed by atoms with Crippen molar-refractivity contribution >= 4 is 48.0 Å². The van der Waals surface area contributed by atoms with E-state index >= 15 is 0 Å². The normalized spacial score (nSPS) is 19.7.